The van der Waals surface area contributed by atoms with Gasteiger partial charge in [-0.15, -0.1) is 0 Å². The molecule has 6 heteroatoms. The molecule has 0 fully saturated rings. The molecular weight excluding hydrogens is 430 g/mol. The van der Waals surface area contributed by atoms with E-state index in [9.17, 15) is 9.59 Å². The highest BCUT2D eigenvalue weighted by molar-refractivity contribution is 6.07. The molecule has 0 aliphatic heterocycles. The van der Waals surface area contributed by atoms with Crippen molar-refractivity contribution in [3.05, 3.63) is 83.9 Å². The number of rotatable bonds is 7. The van der Waals surface area contributed by atoms with Gasteiger partial charge in [0.15, 0.2) is 11.5 Å². The number of methoxy groups -OCH3 is 2. The number of anilines is 1. The molecule has 3 aromatic carbocycles. The number of nitrogens with one attached hydrogen (secondary N) is 1. The Labute approximate surface area is 200 Å². The third-order valence-corrected chi connectivity index (χ3v) is 4.84. The molecule has 0 heterocycles. The minimum atomic E-state index is -0.663. The summed E-state index contributed by atoms with van der Waals surface area (Å²) in [6.45, 7) is 5.40. The van der Waals surface area contributed by atoms with Crippen LogP contribution in [0.5, 0.6) is 11.5 Å². The zero-order chi connectivity index (χ0) is 24.7. The number of carbonyl (C=O) groups excluding carboxylic acids is 2. The average Bonchev–Trinajstić information content (AvgIpc) is 2.82. The molecule has 176 valence electrons. The van der Waals surface area contributed by atoms with Crippen molar-refractivity contribution < 1.29 is 23.8 Å². The van der Waals surface area contributed by atoms with E-state index in [2.05, 4.69) is 5.32 Å². The lowest BCUT2D eigenvalue weighted by Gasteiger charge is -2.21. The molecule has 3 rings (SSSR count). The van der Waals surface area contributed by atoms with E-state index in [0.717, 1.165) is 16.7 Å². The Morgan fingerprint density at radius 3 is 2.18 bits per heavy atom. The first-order valence-electron chi connectivity index (χ1n) is 10.8. The van der Waals surface area contributed by atoms with Crippen molar-refractivity contribution in [3.63, 3.8) is 0 Å². The van der Waals surface area contributed by atoms with Gasteiger partial charge in [0.05, 0.1) is 25.5 Å². The van der Waals surface area contributed by atoms with Crippen LogP contribution in [0.3, 0.4) is 0 Å². The first kappa shape index (κ1) is 24.6. The van der Waals surface area contributed by atoms with Gasteiger partial charge in [-0.25, -0.2) is 4.79 Å². The van der Waals surface area contributed by atoms with E-state index in [1.807, 2.05) is 42.5 Å². The lowest BCUT2D eigenvalue weighted by molar-refractivity contribution is -0.111. The van der Waals surface area contributed by atoms with Gasteiger partial charge in [0.2, 0.25) is 5.91 Å². The second-order valence-corrected chi connectivity index (χ2v) is 8.57. The predicted octanol–water partition coefficient (Wildman–Crippen LogP) is 5.98. The second kappa shape index (κ2) is 10.7. The van der Waals surface area contributed by atoms with Crippen molar-refractivity contribution in [1.82, 2.24) is 0 Å². The molecule has 0 aromatic heterocycles. The highest BCUT2D eigenvalue weighted by Gasteiger charge is 2.21. The SMILES string of the molecule is COc1ccc(/C=C/C(=O)Nc2cc(-c3ccccc3)ccc2C(=O)OC(C)(C)C)cc1OC. The fraction of sp³-hybridized carbons (Fsp3) is 0.214. The Bertz CT molecular complexity index is 1190. The first-order chi connectivity index (χ1) is 16.2. The molecule has 1 amide bonds. The minimum Gasteiger partial charge on any atom is -0.493 e. The van der Waals surface area contributed by atoms with Crippen LogP contribution in [0.4, 0.5) is 5.69 Å². The van der Waals surface area contributed by atoms with Crippen LogP contribution in [0.2, 0.25) is 0 Å². The van der Waals surface area contributed by atoms with Crippen molar-refractivity contribution in [3.8, 4) is 22.6 Å². The van der Waals surface area contributed by atoms with Gasteiger partial charge >= 0.3 is 5.97 Å². The summed E-state index contributed by atoms with van der Waals surface area (Å²) >= 11 is 0. The van der Waals surface area contributed by atoms with E-state index in [1.165, 1.54) is 6.08 Å². The number of hydrogen-bond donors (Lipinski definition) is 1. The van der Waals surface area contributed by atoms with Crippen molar-refractivity contribution in [1.29, 1.82) is 0 Å². The van der Waals surface area contributed by atoms with Crippen LogP contribution in [-0.2, 0) is 9.53 Å². The average molecular weight is 460 g/mol. The third-order valence-electron chi connectivity index (χ3n) is 4.84. The normalized spacial score (nSPS) is 11.2. The quantitative estimate of drug-likeness (QED) is 0.348. The van der Waals surface area contributed by atoms with E-state index in [1.54, 1.807) is 65.3 Å². The summed E-state index contributed by atoms with van der Waals surface area (Å²) in [5, 5.41) is 2.83. The Balaban J connectivity index is 1.89. The molecule has 34 heavy (non-hydrogen) atoms. The smallest absolute Gasteiger partial charge is 0.340 e. The van der Waals surface area contributed by atoms with E-state index in [0.29, 0.717) is 17.2 Å². The summed E-state index contributed by atoms with van der Waals surface area (Å²) in [5.74, 6) is 0.271. The Kier molecular flexibility index (Phi) is 7.74. The van der Waals surface area contributed by atoms with Crippen LogP contribution >= 0.6 is 0 Å². The number of esters is 1. The summed E-state index contributed by atoms with van der Waals surface area (Å²) in [6.07, 6.45) is 3.06. The summed E-state index contributed by atoms with van der Waals surface area (Å²) in [4.78, 5) is 25.6. The zero-order valence-electron chi connectivity index (χ0n) is 20.0. The molecule has 0 aliphatic rings. The highest BCUT2D eigenvalue weighted by atomic mass is 16.6. The molecule has 0 spiro atoms. The lowest BCUT2D eigenvalue weighted by Crippen LogP contribution is -2.25. The van der Waals surface area contributed by atoms with E-state index in [-0.39, 0.29) is 11.5 Å². The van der Waals surface area contributed by atoms with Gasteiger partial charge in [-0.3, -0.25) is 4.79 Å². The Hall–Kier alpha value is -4.06. The van der Waals surface area contributed by atoms with Crippen LogP contribution in [0.1, 0.15) is 36.7 Å². The van der Waals surface area contributed by atoms with Crippen molar-refractivity contribution in [2.24, 2.45) is 0 Å². The maximum absolute atomic E-state index is 12.8. The second-order valence-electron chi connectivity index (χ2n) is 8.57. The molecule has 0 bridgehead atoms. The van der Waals surface area contributed by atoms with Gasteiger partial charge in [0.25, 0.3) is 0 Å². The lowest BCUT2D eigenvalue weighted by atomic mass is 10.0. The highest BCUT2D eigenvalue weighted by Crippen LogP contribution is 2.29. The molecular formula is C28H29NO5. The van der Waals surface area contributed by atoms with Crippen molar-refractivity contribution in [2.45, 2.75) is 26.4 Å². The number of carbonyl (C=O) groups is 2. The molecule has 0 radical (unpaired) electrons. The molecule has 6 nitrogen and oxygen atoms in total. The zero-order valence-corrected chi connectivity index (χ0v) is 20.0. The monoisotopic (exact) mass is 459 g/mol. The summed E-state index contributed by atoms with van der Waals surface area (Å²) in [7, 11) is 3.11. The van der Waals surface area contributed by atoms with Gasteiger partial charge in [0, 0.05) is 6.08 Å². The Morgan fingerprint density at radius 2 is 1.53 bits per heavy atom. The maximum atomic E-state index is 12.8. The molecule has 0 saturated heterocycles. The predicted molar refractivity (Wildman–Crippen MR) is 134 cm³/mol. The molecule has 1 N–H and O–H groups in total. The van der Waals surface area contributed by atoms with Crippen molar-refractivity contribution >= 4 is 23.6 Å². The largest absolute Gasteiger partial charge is 0.493 e. The van der Waals surface area contributed by atoms with Crippen LogP contribution in [-0.4, -0.2) is 31.7 Å². The van der Waals surface area contributed by atoms with Gasteiger partial charge in [-0.1, -0.05) is 42.5 Å². The van der Waals surface area contributed by atoms with Crippen LogP contribution in [0, 0.1) is 0 Å². The molecule has 0 saturated carbocycles. The summed E-state index contributed by atoms with van der Waals surface area (Å²) in [6, 6.07) is 20.3. The van der Waals surface area contributed by atoms with Gasteiger partial charge in [-0.05, 0) is 67.8 Å². The van der Waals surface area contributed by atoms with Crippen LogP contribution in [0.15, 0.2) is 72.8 Å². The van der Waals surface area contributed by atoms with Crippen LogP contribution in [0.25, 0.3) is 17.2 Å². The summed E-state index contributed by atoms with van der Waals surface area (Å²) in [5.41, 5.74) is 2.59. The number of hydrogen-bond acceptors (Lipinski definition) is 5. The number of ether oxygens (including phenoxy) is 3. The Morgan fingerprint density at radius 1 is 0.824 bits per heavy atom. The molecule has 0 unspecified atom stereocenters. The molecule has 0 atom stereocenters. The molecule has 0 aliphatic carbocycles. The van der Waals surface area contributed by atoms with Gasteiger partial charge in [-0.2, -0.15) is 0 Å². The van der Waals surface area contributed by atoms with Crippen LogP contribution < -0.4 is 14.8 Å². The molecule has 3 aromatic rings. The summed E-state index contributed by atoms with van der Waals surface area (Å²) < 4.78 is 16.1. The van der Waals surface area contributed by atoms with Crippen molar-refractivity contribution in [2.75, 3.05) is 19.5 Å². The minimum absolute atomic E-state index is 0.280. The van der Waals surface area contributed by atoms with Gasteiger partial charge in [0.1, 0.15) is 5.60 Å². The number of amides is 1. The first-order valence-corrected chi connectivity index (χ1v) is 10.8. The standard InChI is InChI=1S/C28H29NO5/c1-28(2,3)34-27(31)22-14-13-21(20-9-7-6-8-10-20)18-23(22)29-26(30)16-12-19-11-15-24(32-4)25(17-19)33-5/h6-18H,1-5H3,(H,29,30)/b16-12+. The van der Waals surface area contributed by atoms with Gasteiger partial charge < -0.3 is 19.5 Å². The fourth-order valence-electron chi connectivity index (χ4n) is 3.27. The maximum Gasteiger partial charge on any atom is 0.340 e. The number of benzene rings is 3. The topological polar surface area (TPSA) is 73.9 Å². The van der Waals surface area contributed by atoms with E-state index < -0.39 is 11.6 Å². The van der Waals surface area contributed by atoms with E-state index in [4.69, 9.17) is 14.2 Å². The third kappa shape index (κ3) is 6.48. The fourth-order valence-corrected chi connectivity index (χ4v) is 3.27. The van der Waals surface area contributed by atoms with E-state index >= 15 is 0 Å².